The predicted molar refractivity (Wildman–Crippen MR) is 93.4 cm³/mol. The molecule has 8 heteroatoms. The zero-order valence-corrected chi connectivity index (χ0v) is 14.4. The summed E-state index contributed by atoms with van der Waals surface area (Å²) in [6.45, 7) is -0.171. The summed E-state index contributed by atoms with van der Waals surface area (Å²) in [4.78, 5) is 11.4. The number of hydrogen-bond acceptors (Lipinski definition) is 4. The van der Waals surface area contributed by atoms with Gasteiger partial charge in [-0.25, -0.2) is 17.6 Å². The number of benzene rings is 2. The standard InChI is InChI=1S/C16H17BFNO4S/c1-23-16(20)11-3-4-12(15(18)9-11)10-19(24(2,21)22)14-7-5-13(17)6-8-14/h3-9H,10,17H2,1-2H3. The van der Waals surface area contributed by atoms with Crippen LogP contribution in [0.3, 0.4) is 0 Å². The van der Waals surface area contributed by atoms with Crippen molar-refractivity contribution in [2.75, 3.05) is 17.7 Å². The summed E-state index contributed by atoms with van der Waals surface area (Å²) in [5.74, 6) is -1.32. The summed E-state index contributed by atoms with van der Waals surface area (Å²) in [6.07, 6.45) is 1.06. The monoisotopic (exact) mass is 349 g/mol. The lowest BCUT2D eigenvalue weighted by atomic mass is 9.96. The van der Waals surface area contributed by atoms with Gasteiger partial charge in [0.15, 0.2) is 0 Å². The van der Waals surface area contributed by atoms with E-state index >= 15 is 0 Å². The Kier molecular flexibility index (Phi) is 5.28. The zero-order valence-electron chi connectivity index (χ0n) is 13.6. The molecule has 0 N–H and O–H groups in total. The van der Waals surface area contributed by atoms with Crippen LogP contribution in [0.2, 0.25) is 0 Å². The molecule has 2 aromatic rings. The molecule has 0 heterocycles. The Labute approximate surface area is 141 Å². The summed E-state index contributed by atoms with van der Waals surface area (Å²) in [7, 11) is -0.508. The van der Waals surface area contributed by atoms with Gasteiger partial charge in [0, 0.05) is 5.56 Å². The molecule has 0 aliphatic rings. The van der Waals surface area contributed by atoms with Gasteiger partial charge in [0.05, 0.1) is 31.2 Å². The van der Waals surface area contributed by atoms with E-state index in [4.69, 9.17) is 0 Å². The second-order valence-electron chi connectivity index (χ2n) is 5.40. The lowest BCUT2D eigenvalue weighted by Gasteiger charge is -2.23. The fourth-order valence-electron chi connectivity index (χ4n) is 2.19. The molecule has 0 fully saturated rings. The van der Waals surface area contributed by atoms with Crippen LogP contribution in [-0.2, 0) is 21.3 Å². The van der Waals surface area contributed by atoms with Crippen molar-refractivity contribution in [2.24, 2.45) is 0 Å². The van der Waals surface area contributed by atoms with E-state index in [-0.39, 0.29) is 17.7 Å². The minimum atomic E-state index is -3.60. The summed E-state index contributed by atoms with van der Waals surface area (Å²) < 4.78 is 44.1. The lowest BCUT2D eigenvalue weighted by Crippen LogP contribution is -2.30. The fraction of sp³-hybridized carbons (Fsp3) is 0.188. The quantitative estimate of drug-likeness (QED) is 0.593. The summed E-state index contributed by atoms with van der Waals surface area (Å²) in [5.41, 5.74) is 1.66. The molecule has 24 heavy (non-hydrogen) atoms. The molecular formula is C16H17BFNO4S. The van der Waals surface area contributed by atoms with Gasteiger partial charge in [0.25, 0.3) is 0 Å². The largest absolute Gasteiger partial charge is 0.465 e. The Morgan fingerprint density at radius 2 is 1.83 bits per heavy atom. The average Bonchev–Trinajstić information content (AvgIpc) is 2.53. The maximum absolute atomic E-state index is 14.2. The Balaban J connectivity index is 2.37. The molecule has 0 unspecified atom stereocenters. The van der Waals surface area contributed by atoms with E-state index in [0.717, 1.165) is 22.1 Å². The maximum atomic E-state index is 14.2. The number of ether oxygens (including phenoxy) is 1. The van der Waals surface area contributed by atoms with Crippen molar-refractivity contribution in [3.8, 4) is 0 Å². The van der Waals surface area contributed by atoms with Crippen LogP contribution >= 0.6 is 0 Å². The zero-order chi connectivity index (χ0) is 17.9. The highest BCUT2D eigenvalue weighted by Gasteiger charge is 2.20. The highest BCUT2D eigenvalue weighted by molar-refractivity contribution is 7.92. The molecule has 0 amide bonds. The van der Waals surface area contributed by atoms with Gasteiger partial charge in [-0.3, -0.25) is 4.31 Å². The van der Waals surface area contributed by atoms with Crippen molar-refractivity contribution < 1.29 is 22.3 Å². The molecule has 5 nitrogen and oxygen atoms in total. The smallest absolute Gasteiger partial charge is 0.337 e. The van der Waals surface area contributed by atoms with E-state index in [9.17, 15) is 17.6 Å². The van der Waals surface area contributed by atoms with Gasteiger partial charge in [-0.15, -0.1) is 0 Å². The summed E-state index contributed by atoms with van der Waals surface area (Å²) in [5, 5.41) is 0. The maximum Gasteiger partial charge on any atom is 0.337 e. The van der Waals surface area contributed by atoms with E-state index in [2.05, 4.69) is 4.74 Å². The van der Waals surface area contributed by atoms with Gasteiger partial charge in [-0.05, 0) is 24.3 Å². The van der Waals surface area contributed by atoms with Gasteiger partial charge >= 0.3 is 5.97 Å². The molecule has 0 bridgehead atoms. The number of sulfonamides is 1. The Morgan fingerprint density at radius 1 is 1.21 bits per heavy atom. The third-order valence-electron chi connectivity index (χ3n) is 3.51. The number of rotatable bonds is 5. The van der Waals surface area contributed by atoms with E-state index in [1.807, 2.05) is 7.85 Å². The lowest BCUT2D eigenvalue weighted by molar-refractivity contribution is 0.0600. The Morgan fingerprint density at radius 3 is 2.33 bits per heavy atom. The number of halogens is 1. The second kappa shape index (κ2) is 7.04. The van der Waals surface area contributed by atoms with Gasteiger partial charge in [-0.2, -0.15) is 0 Å². The predicted octanol–water partition coefficient (Wildman–Crippen LogP) is 0.837. The van der Waals surface area contributed by atoms with Crippen LogP contribution in [0.25, 0.3) is 0 Å². The summed E-state index contributed by atoms with van der Waals surface area (Å²) >= 11 is 0. The molecule has 0 saturated heterocycles. The van der Waals surface area contributed by atoms with Crippen LogP contribution < -0.4 is 9.77 Å². The fourth-order valence-corrected chi connectivity index (χ4v) is 3.06. The number of nitrogens with zero attached hydrogens (tertiary/aromatic N) is 1. The van der Waals surface area contributed by atoms with Crippen LogP contribution in [0, 0.1) is 5.82 Å². The van der Waals surface area contributed by atoms with Gasteiger partial charge in [0.1, 0.15) is 13.7 Å². The average molecular weight is 349 g/mol. The number of carbonyl (C=O) groups excluding carboxylic acids is 1. The van der Waals surface area contributed by atoms with Crippen molar-refractivity contribution in [1.82, 2.24) is 0 Å². The number of carbonyl (C=O) groups is 1. The molecule has 0 spiro atoms. The minimum absolute atomic E-state index is 0.0694. The number of hydrogen-bond donors (Lipinski definition) is 0. The first-order valence-electron chi connectivity index (χ1n) is 7.13. The minimum Gasteiger partial charge on any atom is -0.465 e. The number of esters is 1. The first kappa shape index (κ1) is 18.0. The van der Waals surface area contributed by atoms with Crippen LogP contribution in [0.15, 0.2) is 42.5 Å². The van der Waals surface area contributed by atoms with Crippen LogP contribution in [0.1, 0.15) is 15.9 Å². The molecule has 2 aromatic carbocycles. The van der Waals surface area contributed by atoms with Gasteiger partial charge < -0.3 is 4.74 Å². The van der Waals surface area contributed by atoms with Crippen molar-refractivity contribution in [3.05, 3.63) is 59.4 Å². The first-order chi connectivity index (χ1) is 11.2. The molecule has 0 saturated carbocycles. The van der Waals surface area contributed by atoms with Crippen molar-refractivity contribution in [2.45, 2.75) is 6.54 Å². The normalized spacial score (nSPS) is 11.1. The highest BCUT2D eigenvalue weighted by atomic mass is 32.2. The molecule has 0 atom stereocenters. The molecule has 0 aliphatic carbocycles. The highest BCUT2D eigenvalue weighted by Crippen LogP contribution is 2.21. The topological polar surface area (TPSA) is 63.7 Å². The molecule has 0 radical (unpaired) electrons. The third kappa shape index (κ3) is 4.14. The Hall–Kier alpha value is -2.35. The molecule has 2 rings (SSSR count). The van der Waals surface area contributed by atoms with Crippen LogP contribution in [0.5, 0.6) is 0 Å². The molecule has 0 aromatic heterocycles. The van der Waals surface area contributed by atoms with Crippen molar-refractivity contribution in [1.29, 1.82) is 0 Å². The van der Waals surface area contributed by atoms with E-state index in [1.165, 1.54) is 19.2 Å². The van der Waals surface area contributed by atoms with Crippen LogP contribution in [-0.4, -0.2) is 35.6 Å². The molecule has 0 aliphatic heterocycles. The van der Waals surface area contributed by atoms with Gasteiger partial charge in [0.2, 0.25) is 10.0 Å². The van der Waals surface area contributed by atoms with Crippen LogP contribution in [0.4, 0.5) is 10.1 Å². The van der Waals surface area contributed by atoms with E-state index in [0.29, 0.717) is 5.69 Å². The second-order valence-corrected chi connectivity index (χ2v) is 7.31. The first-order valence-corrected chi connectivity index (χ1v) is 8.98. The van der Waals surface area contributed by atoms with Gasteiger partial charge in [-0.1, -0.05) is 23.7 Å². The SMILES string of the molecule is Bc1ccc(N(Cc2ccc(C(=O)OC)cc2F)S(C)(=O)=O)cc1. The third-order valence-corrected chi connectivity index (χ3v) is 4.65. The number of methoxy groups -OCH3 is 1. The number of anilines is 1. The molecular weight excluding hydrogens is 332 g/mol. The van der Waals surface area contributed by atoms with Crippen molar-refractivity contribution in [3.63, 3.8) is 0 Å². The summed E-state index contributed by atoms with van der Waals surface area (Å²) in [6, 6.07) is 10.7. The molecule has 126 valence electrons. The Bertz CT molecular complexity index is 853. The van der Waals surface area contributed by atoms with E-state index < -0.39 is 21.8 Å². The van der Waals surface area contributed by atoms with Crippen molar-refractivity contribution >= 4 is 35.0 Å². The van der Waals surface area contributed by atoms with E-state index in [1.54, 1.807) is 24.3 Å².